The Morgan fingerprint density at radius 2 is 1.74 bits per heavy atom. The maximum atomic E-state index is 12.7. The Kier molecular flexibility index (Phi) is 2.55. The Labute approximate surface area is 115 Å². The molecule has 0 aromatic heterocycles. The largest absolute Gasteiger partial charge is 0.345 e. The molecule has 1 amide bonds. The zero-order valence-electron chi connectivity index (χ0n) is 12.0. The molecule has 5 rings (SSSR count). The van der Waals surface area contributed by atoms with Crippen molar-refractivity contribution in [3.05, 3.63) is 0 Å². The number of carbonyl (C=O) groups is 1. The van der Waals surface area contributed by atoms with Crippen LogP contribution in [0.2, 0.25) is 0 Å². The molecular weight excluding hydrogens is 236 g/mol. The number of carbonyl (C=O) groups excluding carboxylic acids is 1. The van der Waals surface area contributed by atoms with Gasteiger partial charge in [-0.15, -0.1) is 0 Å². The van der Waals surface area contributed by atoms with Crippen molar-refractivity contribution in [1.82, 2.24) is 4.90 Å². The summed E-state index contributed by atoms with van der Waals surface area (Å²) >= 11 is 0. The minimum atomic E-state index is -0.197. The van der Waals surface area contributed by atoms with Crippen LogP contribution in [0.3, 0.4) is 0 Å². The van der Waals surface area contributed by atoms with Crippen molar-refractivity contribution in [2.45, 2.75) is 38.5 Å². The summed E-state index contributed by atoms with van der Waals surface area (Å²) in [5.74, 6) is 4.51. The van der Waals surface area contributed by atoms with Crippen LogP contribution in [0.25, 0.3) is 0 Å². The minimum Gasteiger partial charge on any atom is -0.345 e. The molecule has 4 bridgehead atoms. The molecule has 0 aromatic rings. The molecule has 4 aliphatic carbocycles. The molecule has 0 radical (unpaired) electrons. The molecule has 1 unspecified atom stereocenters. The first kappa shape index (κ1) is 12.2. The van der Waals surface area contributed by atoms with E-state index in [4.69, 9.17) is 5.73 Å². The Morgan fingerprint density at radius 1 is 1.16 bits per heavy atom. The van der Waals surface area contributed by atoms with E-state index in [1.54, 1.807) is 0 Å². The van der Waals surface area contributed by atoms with Crippen molar-refractivity contribution in [3.8, 4) is 0 Å². The highest BCUT2D eigenvalue weighted by atomic mass is 16.2. The van der Waals surface area contributed by atoms with Gasteiger partial charge in [0.05, 0.1) is 5.41 Å². The van der Waals surface area contributed by atoms with Crippen LogP contribution in [-0.4, -0.2) is 30.9 Å². The van der Waals surface area contributed by atoms with E-state index in [0.717, 1.165) is 36.6 Å². The van der Waals surface area contributed by atoms with E-state index in [1.807, 2.05) is 11.9 Å². The van der Waals surface area contributed by atoms with Crippen molar-refractivity contribution >= 4 is 5.91 Å². The van der Waals surface area contributed by atoms with Crippen LogP contribution in [0, 0.1) is 35.0 Å². The number of nitrogens with zero attached hydrogens (tertiary/aromatic N) is 1. The Balaban J connectivity index is 1.69. The zero-order valence-corrected chi connectivity index (χ0v) is 12.0. The summed E-state index contributed by atoms with van der Waals surface area (Å²) < 4.78 is 0. The second-order valence-electron chi connectivity index (χ2n) is 7.79. The summed E-state index contributed by atoms with van der Waals surface area (Å²) in [7, 11) is 1.95. The van der Waals surface area contributed by atoms with Gasteiger partial charge in [-0.2, -0.15) is 0 Å². The first-order valence-corrected chi connectivity index (χ1v) is 8.09. The molecule has 19 heavy (non-hydrogen) atoms. The van der Waals surface area contributed by atoms with Gasteiger partial charge in [0.25, 0.3) is 0 Å². The van der Waals surface area contributed by atoms with E-state index < -0.39 is 0 Å². The lowest BCUT2D eigenvalue weighted by Gasteiger charge is -2.58. The predicted molar refractivity (Wildman–Crippen MR) is 74.3 cm³/mol. The number of likely N-dealkylation sites (tertiary alicyclic amines) is 1. The standard InChI is InChI=1S/C16H26N2O/c1-18-3-2-16(9-17,15(18)19)14-12-5-10-4-11(7-12)8-13(14)6-10/h10-14H,2-9,17H2,1H3. The average Bonchev–Trinajstić information content (AvgIpc) is 2.67. The molecule has 0 aromatic carbocycles. The van der Waals surface area contributed by atoms with E-state index in [1.165, 1.54) is 32.1 Å². The van der Waals surface area contributed by atoms with E-state index in [2.05, 4.69) is 0 Å². The fourth-order valence-corrected chi connectivity index (χ4v) is 6.42. The van der Waals surface area contributed by atoms with E-state index in [9.17, 15) is 4.79 Å². The molecule has 4 saturated carbocycles. The SMILES string of the molecule is CN1CCC(CN)(C2C3CC4CC(C3)CC2C4)C1=O. The Bertz CT molecular complexity index is 380. The summed E-state index contributed by atoms with van der Waals surface area (Å²) in [5.41, 5.74) is 5.96. The summed E-state index contributed by atoms with van der Waals surface area (Å²) in [5, 5.41) is 0. The monoisotopic (exact) mass is 262 g/mol. The van der Waals surface area contributed by atoms with E-state index in [0.29, 0.717) is 18.4 Å². The highest BCUT2D eigenvalue weighted by molar-refractivity contribution is 5.85. The molecule has 3 heteroatoms. The van der Waals surface area contributed by atoms with Gasteiger partial charge < -0.3 is 10.6 Å². The second-order valence-corrected chi connectivity index (χ2v) is 7.79. The van der Waals surface area contributed by atoms with Gasteiger partial charge in [-0.3, -0.25) is 4.79 Å². The normalized spacial score (nSPS) is 52.2. The number of rotatable bonds is 2. The molecule has 5 aliphatic rings. The number of hydrogen-bond donors (Lipinski definition) is 1. The molecule has 2 N–H and O–H groups in total. The summed E-state index contributed by atoms with van der Waals surface area (Å²) in [6.45, 7) is 1.49. The molecule has 1 heterocycles. The lowest BCUT2D eigenvalue weighted by molar-refractivity contribution is -0.149. The van der Waals surface area contributed by atoms with Gasteiger partial charge in [-0.25, -0.2) is 0 Å². The maximum Gasteiger partial charge on any atom is 0.230 e. The smallest absolute Gasteiger partial charge is 0.230 e. The first-order valence-electron chi connectivity index (χ1n) is 8.09. The van der Waals surface area contributed by atoms with Crippen LogP contribution in [-0.2, 0) is 4.79 Å². The lowest BCUT2D eigenvalue weighted by atomic mass is 9.46. The molecule has 1 aliphatic heterocycles. The van der Waals surface area contributed by atoms with Crippen molar-refractivity contribution < 1.29 is 4.79 Å². The molecule has 5 fully saturated rings. The second kappa shape index (κ2) is 3.97. The molecule has 1 atom stereocenters. The van der Waals surface area contributed by atoms with Gasteiger partial charge in [0, 0.05) is 20.1 Å². The molecule has 0 spiro atoms. The van der Waals surface area contributed by atoms with Crippen molar-refractivity contribution in [1.29, 1.82) is 0 Å². The number of amides is 1. The third-order valence-corrected chi connectivity index (χ3v) is 6.90. The van der Waals surface area contributed by atoms with Crippen LogP contribution < -0.4 is 5.73 Å². The maximum absolute atomic E-state index is 12.7. The van der Waals surface area contributed by atoms with E-state index >= 15 is 0 Å². The highest BCUT2D eigenvalue weighted by Gasteiger charge is 2.59. The van der Waals surface area contributed by atoms with Crippen molar-refractivity contribution in [2.24, 2.45) is 40.7 Å². The Morgan fingerprint density at radius 3 is 2.16 bits per heavy atom. The van der Waals surface area contributed by atoms with Crippen LogP contribution >= 0.6 is 0 Å². The fraction of sp³-hybridized carbons (Fsp3) is 0.938. The van der Waals surface area contributed by atoms with Gasteiger partial charge in [0.2, 0.25) is 5.91 Å². The quantitative estimate of drug-likeness (QED) is 0.825. The van der Waals surface area contributed by atoms with Gasteiger partial charge in [0.15, 0.2) is 0 Å². The Hall–Kier alpha value is -0.570. The van der Waals surface area contributed by atoms with Gasteiger partial charge in [0.1, 0.15) is 0 Å². The topological polar surface area (TPSA) is 46.3 Å². The lowest BCUT2D eigenvalue weighted by Crippen LogP contribution is -2.56. The number of nitrogens with two attached hydrogens (primary N) is 1. The zero-order chi connectivity index (χ0) is 13.2. The molecular formula is C16H26N2O. The van der Waals surface area contributed by atoms with Crippen LogP contribution in [0.1, 0.15) is 38.5 Å². The molecule has 106 valence electrons. The van der Waals surface area contributed by atoms with E-state index in [-0.39, 0.29) is 5.41 Å². The van der Waals surface area contributed by atoms with Crippen LogP contribution in [0.5, 0.6) is 0 Å². The highest BCUT2D eigenvalue weighted by Crippen LogP contribution is 2.62. The van der Waals surface area contributed by atoms with Crippen LogP contribution in [0.4, 0.5) is 0 Å². The fourth-order valence-electron chi connectivity index (χ4n) is 6.42. The van der Waals surface area contributed by atoms with Crippen molar-refractivity contribution in [2.75, 3.05) is 20.1 Å². The molecule has 3 nitrogen and oxygen atoms in total. The number of hydrogen-bond acceptors (Lipinski definition) is 2. The van der Waals surface area contributed by atoms with Crippen LogP contribution in [0.15, 0.2) is 0 Å². The summed E-state index contributed by atoms with van der Waals surface area (Å²) in [6.07, 6.45) is 8.02. The molecule has 1 saturated heterocycles. The summed E-state index contributed by atoms with van der Waals surface area (Å²) in [4.78, 5) is 14.7. The third-order valence-electron chi connectivity index (χ3n) is 6.90. The third kappa shape index (κ3) is 1.51. The predicted octanol–water partition coefficient (Wildman–Crippen LogP) is 1.87. The average molecular weight is 262 g/mol. The minimum absolute atomic E-state index is 0.197. The van der Waals surface area contributed by atoms with Gasteiger partial charge >= 0.3 is 0 Å². The van der Waals surface area contributed by atoms with Crippen molar-refractivity contribution in [3.63, 3.8) is 0 Å². The first-order chi connectivity index (χ1) is 9.14. The van der Waals surface area contributed by atoms with Gasteiger partial charge in [-0.05, 0) is 68.1 Å². The summed E-state index contributed by atoms with van der Waals surface area (Å²) in [6, 6.07) is 0. The van der Waals surface area contributed by atoms with Gasteiger partial charge in [-0.1, -0.05) is 0 Å².